The second-order valence-corrected chi connectivity index (χ2v) is 6.76. The fourth-order valence-corrected chi connectivity index (χ4v) is 3.77. The lowest BCUT2D eigenvalue weighted by atomic mass is 9.86. The lowest BCUT2D eigenvalue weighted by molar-refractivity contribution is -0.142. The molecule has 0 aromatic carbocycles. The number of thiophene rings is 1. The molecule has 2 rings (SSSR count). The van der Waals surface area contributed by atoms with E-state index >= 15 is 0 Å². The van der Waals surface area contributed by atoms with E-state index in [2.05, 4.69) is 26.6 Å². The molecule has 7 heteroatoms. The minimum Gasteiger partial charge on any atom is -0.481 e. The Balaban J connectivity index is 1.70. The van der Waals surface area contributed by atoms with E-state index < -0.39 is 5.97 Å². The first-order chi connectivity index (χ1) is 9.56. The van der Waals surface area contributed by atoms with Crippen molar-refractivity contribution >= 4 is 39.3 Å². The Morgan fingerprint density at radius 3 is 2.60 bits per heavy atom. The van der Waals surface area contributed by atoms with Crippen LogP contribution in [0.3, 0.4) is 0 Å². The van der Waals surface area contributed by atoms with Crippen LogP contribution in [0, 0.1) is 5.92 Å². The number of carbonyl (C=O) groups excluding carboxylic acids is 1. The molecule has 1 saturated carbocycles. The third kappa shape index (κ3) is 4.21. The number of carbonyl (C=O) groups is 2. The van der Waals surface area contributed by atoms with Gasteiger partial charge < -0.3 is 15.7 Å². The fourth-order valence-electron chi connectivity index (χ4n) is 2.33. The molecule has 0 unspecified atom stereocenters. The van der Waals surface area contributed by atoms with E-state index in [4.69, 9.17) is 5.11 Å². The number of nitrogens with one attached hydrogen (secondary N) is 2. The standard InChI is InChI=1S/C13H17BrN2O3S/c14-10-5-6-20-11(10)7-15-13(19)16-9-3-1-8(2-4-9)12(17)18/h5-6,8-9H,1-4,7H2,(H,17,18)(H2,15,16,19). The van der Waals surface area contributed by atoms with Crippen molar-refractivity contribution in [3.63, 3.8) is 0 Å². The molecule has 0 radical (unpaired) electrons. The van der Waals surface area contributed by atoms with Gasteiger partial charge >= 0.3 is 12.0 Å². The van der Waals surface area contributed by atoms with Gasteiger partial charge in [0.15, 0.2) is 0 Å². The number of rotatable bonds is 4. The summed E-state index contributed by atoms with van der Waals surface area (Å²) in [6, 6.07) is 1.84. The molecular formula is C13H17BrN2O3S. The summed E-state index contributed by atoms with van der Waals surface area (Å²) in [7, 11) is 0. The van der Waals surface area contributed by atoms with Crippen LogP contribution in [0.25, 0.3) is 0 Å². The maximum Gasteiger partial charge on any atom is 0.315 e. The molecule has 0 spiro atoms. The van der Waals surface area contributed by atoms with Crippen LogP contribution in [0.1, 0.15) is 30.6 Å². The van der Waals surface area contributed by atoms with Gasteiger partial charge in [0.2, 0.25) is 0 Å². The van der Waals surface area contributed by atoms with Gasteiger partial charge in [-0.1, -0.05) is 0 Å². The molecular weight excluding hydrogens is 344 g/mol. The number of hydrogen-bond acceptors (Lipinski definition) is 3. The molecule has 110 valence electrons. The zero-order valence-corrected chi connectivity index (χ0v) is 13.3. The van der Waals surface area contributed by atoms with E-state index in [1.807, 2.05) is 11.4 Å². The van der Waals surface area contributed by atoms with Crippen LogP contribution in [0.2, 0.25) is 0 Å². The predicted molar refractivity (Wildman–Crippen MR) is 80.8 cm³/mol. The quantitative estimate of drug-likeness (QED) is 0.772. The maximum atomic E-state index is 11.8. The molecule has 1 fully saturated rings. The minimum atomic E-state index is -0.726. The number of carboxylic acids is 1. The van der Waals surface area contributed by atoms with Crippen molar-refractivity contribution in [1.82, 2.24) is 10.6 Å². The van der Waals surface area contributed by atoms with Gasteiger partial charge in [-0.3, -0.25) is 4.79 Å². The molecule has 1 heterocycles. The molecule has 0 bridgehead atoms. The van der Waals surface area contributed by atoms with Crippen LogP contribution in [0.4, 0.5) is 4.79 Å². The van der Waals surface area contributed by atoms with Crippen molar-refractivity contribution in [2.45, 2.75) is 38.3 Å². The normalized spacial score (nSPS) is 22.2. The van der Waals surface area contributed by atoms with Crippen molar-refractivity contribution in [1.29, 1.82) is 0 Å². The number of hydrogen-bond donors (Lipinski definition) is 3. The molecule has 0 saturated heterocycles. The summed E-state index contributed by atoms with van der Waals surface area (Å²) in [5.74, 6) is -0.978. The molecule has 2 amide bonds. The third-order valence-corrected chi connectivity index (χ3v) is 5.44. The summed E-state index contributed by atoms with van der Waals surface area (Å²) in [6.07, 6.45) is 2.73. The van der Waals surface area contributed by atoms with Gasteiger partial charge in [-0.2, -0.15) is 0 Å². The van der Waals surface area contributed by atoms with Crippen LogP contribution in [-0.2, 0) is 11.3 Å². The van der Waals surface area contributed by atoms with E-state index in [0.717, 1.165) is 22.2 Å². The lowest BCUT2D eigenvalue weighted by Gasteiger charge is -2.26. The van der Waals surface area contributed by atoms with Crippen LogP contribution >= 0.6 is 27.3 Å². The van der Waals surface area contributed by atoms with Gasteiger partial charge in [-0.15, -0.1) is 11.3 Å². The van der Waals surface area contributed by atoms with Crippen LogP contribution < -0.4 is 10.6 Å². The Hall–Kier alpha value is -1.08. The summed E-state index contributed by atoms with van der Waals surface area (Å²) in [6.45, 7) is 0.495. The Kier molecular flexibility index (Phi) is 5.42. The molecule has 1 aliphatic rings. The molecule has 0 aliphatic heterocycles. The second-order valence-electron chi connectivity index (χ2n) is 4.91. The Morgan fingerprint density at radius 2 is 2.05 bits per heavy atom. The van der Waals surface area contributed by atoms with E-state index in [1.165, 1.54) is 0 Å². The number of halogens is 1. The molecule has 20 heavy (non-hydrogen) atoms. The van der Waals surface area contributed by atoms with Crippen LogP contribution in [0.15, 0.2) is 15.9 Å². The zero-order valence-electron chi connectivity index (χ0n) is 10.9. The molecule has 1 aromatic heterocycles. The summed E-state index contributed by atoms with van der Waals surface area (Å²) in [5.41, 5.74) is 0. The smallest absolute Gasteiger partial charge is 0.315 e. The maximum absolute atomic E-state index is 11.8. The minimum absolute atomic E-state index is 0.0809. The summed E-state index contributed by atoms with van der Waals surface area (Å²) in [4.78, 5) is 23.7. The highest BCUT2D eigenvalue weighted by atomic mass is 79.9. The molecule has 1 aliphatic carbocycles. The molecule has 3 N–H and O–H groups in total. The first-order valence-electron chi connectivity index (χ1n) is 6.55. The van der Waals surface area contributed by atoms with Gasteiger partial charge in [0.25, 0.3) is 0 Å². The number of aliphatic carboxylic acids is 1. The second kappa shape index (κ2) is 7.08. The summed E-state index contributed by atoms with van der Waals surface area (Å²) >= 11 is 5.00. The van der Waals surface area contributed by atoms with Crippen LogP contribution in [0.5, 0.6) is 0 Å². The SMILES string of the molecule is O=C(NCc1sccc1Br)NC1CCC(C(=O)O)CC1. The average molecular weight is 361 g/mol. The summed E-state index contributed by atoms with van der Waals surface area (Å²) < 4.78 is 1.00. The summed E-state index contributed by atoms with van der Waals surface area (Å²) in [5, 5.41) is 16.6. The first kappa shape index (κ1) is 15.3. The highest BCUT2D eigenvalue weighted by molar-refractivity contribution is 9.10. The van der Waals surface area contributed by atoms with Gasteiger partial charge in [0, 0.05) is 15.4 Å². The van der Waals surface area contributed by atoms with E-state index in [1.54, 1.807) is 11.3 Å². The first-order valence-corrected chi connectivity index (χ1v) is 8.22. The molecule has 0 atom stereocenters. The van der Waals surface area contributed by atoms with E-state index in [-0.39, 0.29) is 18.0 Å². The van der Waals surface area contributed by atoms with Crippen molar-refractivity contribution in [3.8, 4) is 0 Å². The Labute approximate surface area is 129 Å². The van der Waals surface area contributed by atoms with Gasteiger partial charge in [-0.05, 0) is 53.1 Å². The predicted octanol–water partition coefficient (Wildman–Crippen LogP) is 2.95. The Morgan fingerprint density at radius 1 is 1.35 bits per heavy atom. The van der Waals surface area contributed by atoms with Crippen molar-refractivity contribution in [2.24, 2.45) is 5.92 Å². The van der Waals surface area contributed by atoms with Crippen LogP contribution in [-0.4, -0.2) is 23.1 Å². The topological polar surface area (TPSA) is 78.4 Å². The van der Waals surface area contributed by atoms with Crippen molar-refractivity contribution < 1.29 is 14.7 Å². The van der Waals surface area contributed by atoms with E-state index in [9.17, 15) is 9.59 Å². The van der Waals surface area contributed by atoms with Crippen molar-refractivity contribution in [2.75, 3.05) is 0 Å². The number of amides is 2. The fraction of sp³-hybridized carbons (Fsp3) is 0.538. The third-order valence-electron chi connectivity index (χ3n) is 3.51. The number of urea groups is 1. The highest BCUT2D eigenvalue weighted by Gasteiger charge is 2.26. The van der Waals surface area contributed by atoms with Gasteiger partial charge in [-0.25, -0.2) is 4.79 Å². The number of carboxylic acid groups (broad SMARTS) is 1. The van der Waals surface area contributed by atoms with Gasteiger partial charge in [0.05, 0.1) is 12.5 Å². The largest absolute Gasteiger partial charge is 0.481 e. The molecule has 5 nitrogen and oxygen atoms in total. The van der Waals surface area contributed by atoms with Gasteiger partial charge in [0.1, 0.15) is 0 Å². The highest BCUT2D eigenvalue weighted by Crippen LogP contribution is 2.24. The lowest BCUT2D eigenvalue weighted by Crippen LogP contribution is -2.43. The van der Waals surface area contributed by atoms with Crippen molar-refractivity contribution in [3.05, 3.63) is 20.8 Å². The monoisotopic (exact) mass is 360 g/mol. The Bertz CT molecular complexity index is 484. The average Bonchev–Trinajstić information content (AvgIpc) is 2.82. The zero-order chi connectivity index (χ0) is 14.5. The van der Waals surface area contributed by atoms with E-state index in [0.29, 0.717) is 19.4 Å². The molecule has 1 aromatic rings.